The highest BCUT2D eigenvalue weighted by atomic mass is 19.4. The maximum Gasteiger partial charge on any atom is 0.419 e. The van der Waals surface area contributed by atoms with Gasteiger partial charge in [-0.05, 0) is 31.0 Å². The average molecular weight is 329 g/mol. The van der Waals surface area contributed by atoms with Gasteiger partial charge >= 0.3 is 6.18 Å². The Morgan fingerprint density at radius 1 is 1.35 bits per heavy atom. The molecule has 1 fully saturated rings. The zero-order chi connectivity index (χ0) is 16.6. The Kier molecular flexibility index (Phi) is 3.78. The molecule has 2 aromatic rings. The average Bonchev–Trinajstić information content (AvgIpc) is 3.23. The largest absolute Gasteiger partial charge is 0.419 e. The van der Waals surface area contributed by atoms with Gasteiger partial charge in [0, 0.05) is 11.5 Å². The Morgan fingerprint density at radius 2 is 2.09 bits per heavy atom. The predicted molar refractivity (Wildman–Crippen MR) is 68.8 cm³/mol. The van der Waals surface area contributed by atoms with E-state index >= 15 is 0 Å². The molecular weight excluding hydrogens is 318 g/mol. The van der Waals surface area contributed by atoms with Crippen molar-refractivity contribution in [2.75, 3.05) is 0 Å². The molecule has 1 aliphatic rings. The van der Waals surface area contributed by atoms with E-state index in [1.165, 1.54) is 0 Å². The predicted octanol–water partition coefficient (Wildman–Crippen LogP) is 3.03. The maximum absolute atomic E-state index is 13.2. The number of hydrogen-bond acceptors (Lipinski definition) is 4. The van der Waals surface area contributed by atoms with E-state index in [0.29, 0.717) is 18.0 Å². The Morgan fingerprint density at radius 3 is 2.74 bits per heavy atom. The van der Waals surface area contributed by atoms with Crippen molar-refractivity contribution in [2.24, 2.45) is 0 Å². The second kappa shape index (κ2) is 5.64. The van der Waals surface area contributed by atoms with Crippen molar-refractivity contribution in [1.82, 2.24) is 15.5 Å². The highest BCUT2D eigenvalue weighted by Crippen LogP contribution is 2.38. The van der Waals surface area contributed by atoms with Gasteiger partial charge in [0.1, 0.15) is 5.82 Å². The van der Waals surface area contributed by atoms with Gasteiger partial charge in [0.15, 0.2) is 5.82 Å². The van der Waals surface area contributed by atoms with Crippen LogP contribution in [0.15, 0.2) is 22.7 Å². The molecule has 3 rings (SSSR count). The molecule has 5 nitrogen and oxygen atoms in total. The van der Waals surface area contributed by atoms with Gasteiger partial charge in [-0.2, -0.15) is 18.2 Å². The minimum Gasteiger partial charge on any atom is -0.343 e. The number of amides is 1. The standard InChI is InChI=1S/C14H11F4N3O2/c15-10-4-3-8(5-9(10)14(16,17)18)13(22)19-6-11-20-12(21-23-11)7-1-2-7/h3-5,7H,1-2,6H2,(H,19,22). The van der Waals surface area contributed by atoms with Crippen molar-refractivity contribution in [1.29, 1.82) is 0 Å². The number of carbonyl (C=O) groups is 1. The van der Waals surface area contributed by atoms with Crippen molar-refractivity contribution in [3.63, 3.8) is 0 Å². The summed E-state index contributed by atoms with van der Waals surface area (Å²) in [5, 5.41) is 6.11. The van der Waals surface area contributed by atoms with E-state index in [0.717, 1.165) is 18.9 Å². The quantitative estimate of drug-likeness (QED) is 0.876. The first-order valence-corrected chi connectivity index (χ1v) is 6.82. The number of aromatic nitrogens is 2. The SMILES string of the molecule is O=C(NCc1nc(C2CC2)no1)c1ccc(F)c(C(F)(F)F)c1. The van der Waals surface area contributed by atoms with Crippen LogP contribution in [0.4, 0.5) is 17.6 Å². The minimum atomic E-state index is -4.87. The van der Waals surface area contributed by atoms with Gasteiger partial charge in [-0.25, -0.2) is 4.39 Å². The van der Waals surface area contributed by atoms with Crippen LogP contribution < -0.4 is 5.32 Å². The Hall–Kier alpha value is -2.45. The van der Waals surface area contributed by atoms with Gasteiger partial charge in [-0.3, -0.25) is 4.79 Å². The number of halogens is 4. The number of hydrogen-bond donors (Lipinski definition) is 1. The number of nitrogens with one attached hydrogen (secondary N) is 1. The summed E-state index contributed by atoms with van der Waals surface area (Å²) >= 11 is 0. The highest BCUT2D eigenvalue weighted by Gasteiger charge is 2.34. The molecule has 1 amide bonds. The monoisotopic (exact) mass is 329 g/mol. The summed E-state index contributed by atoms with van der Waals surface area (Å²) in [6.45, 7) is -0.114. The molecule has 0 bridgehead atoms. The van der Waals surface area contributed by atoms with Crippen LogP contribution in [0.25, 0.3) is 0 Å². The number of benzene rings is 1. The Bertz CT molecular complexity index is 738. The first-order valence-electron chi connectivity index (χ1n) is 6.82. The molecule has 0 spiro atoms. The van der Waals surface area contributed by atoms with Crippen molar-refractivity contribution >= 4 is 5.91 Å². The molecule has 0 saturated heterocycles. The van der Waals surface area contributed by atoms with E-state index in [2.05, 4.69) is 15.5 Å². The first-order chi connectivity index (χ1) is 10.8. The first kappa shape index (κ1) is 15.4. The Labute approximate surface area is 127 Å². The summed E-state index contributed by atoms with van der Waals surface area (Å²) in [7, 11) is 0. The summed E-state index contributed by atoms with van der Waals surface area (Å²) in [5.74, 6) is -1.20. The van der Waals surface area contributed by atoms with Crippen LogP contribution in [-0.2, 0) is 12.7 Å². The normalized spacial score (nSPS) is 14.8. The van der Waals surface area contributed by atoms with Gasteiger partial charge in [0.05, 0.1) is 12.1 Å². The van der Waals surface area contributed by atoms with Crippen LogP contribution in [0.2, 0.25) is 0 Å². The fourth-order valence-electron chi connectivity index (χ4n) is 1.99. The van der Waals surface area contributed by atoms with Gasteiger partial charge < -0.3 is 9.84 Å². The van der Waals surface area contributed by atoms with E-state index in [-0.39, 0.29) is 23.9 Å². The molecular formula is C14H11F4N3O2. The minimum absolute atomic E-state index is 0.114. The zero-order valence-corrected chi connectivity index (χ0v) is 11.7. The van der Waals surface area contributed by atoms with Crippen LogP contribution in [0.1, 0.15) is 46.4 Å². The van der Waals surface area contributed by atoms with Gasteiger partial charge in [0.2, 0.25) is 5.89 Å². The van der Waals surface area contributed by atoms with Crippen LogP contribution in [0.5, 0.6) is 0 Å². The lowest BCUT2D eigenvalue weighted by molar-refractivity contribution is -0.140. The second-order valence-corrected chi connectivity index (χ2v) is 5.20. The molecule has 1 saturated carbocycles. The van der Waals surface area contributed by atoms with Crippen LogP contribution >= 0.6 is 0 Å². The maximum atomic E-state index is 13.2. The zero-order valence-electron chi connectivity index (χ0n) is 11.7. The third-order valence-corrected chi connectivity index (χ3v) is 3.36. The fourth-order valence-corrected chi connectivity index (χ4v) is 1.99. The fraction of sp³-hybridized carbons (Fsp3) is 0.357. The van der Waals surface area contributed by atoms with Crippen molar-refractivity contribution < 1.29 is 26.9 Å². The summed E-state index contributed by atoms with van der Waals surface area (Å²) in [5.41, 5.74) is -1.79. The molecule has 0 radical (unpaired) electrons. The number of rotatable bonds is 4. The lowest BCUT2D eigenvalue weighted by Gasteiger charge is -2.09. The summed E-state index contributed by atoms with van der Waals surface area (Å²) in [6, 6.07) is 2.05. The smallest absolute Gasteiger partial charge is 0.343 e. The molecule has 1 aromatic heterocycles. The summed E-state index contributed by atoms with van der Waals surface area (Å²) in [6.07, 6.45) is -2.89. The second-order valence-electron chi connectivity index (χ2n) is 5.20. The molecule has 23 heavy (non-hydrogen) atoms. The molecule has 0 unspecified atom stereocenters. The highest BCUT2D eigenvalue weighted by molar-refractivity contribution is 5.94. The molecule has 1 heterocycles. The van der Waals surface area contributed by atoms with Gasteiger partial charge in [-0.15, -0.1) is 0 Å². The lowest BCUT2D eigenvalue weighted by atomic mass is 10.1. The van der Waals surface area contributed by atoms with Crippen molar-refractivity contribution in [2.45, 2.75) is 31.5 Å². The number of carbonyl (C=O) groups excluding carboxylic acids is 1. The van der Waals surface area contributed by atoms with E-state index < -0.39 is 23.5 Å². The van der Waals surface area contributed by atoms with Crippen LogP contribution in [0, 0.1) is 5.82 Å². The molecule has 122 valence electrons. The third kappa shape index (κ3) is 3.49. The Balaban J connectivity index is 1.67. The van der Waals surface area contributed by atoms with E-state index in [9.17, 15) is 22.4 Å². The number of alkyl halides is 3. The van der Waals surface area contributed by atoms with E-state index in [1.54, 1.807) is 0 Å². The lowest BCUT2D eigenvalue weighted by Crippen LogP contribution is -2.23. The molecule has 9 heteroatoms. The van der Waals surface area contributed by atoms with Crippen LogP contribution in [0.3, 0.4) is 0 Å². The van der Waals surface area contributed by atoms with E-state index in [4.69, 9.17) is 4.52 Å². The topological polar surface area (TPSA) is 68.0 Å². The van der Waals surface area contributed by atoms with Crippen LogP contribution in [-0.4, -0.2) is 16.0 Å². The van der Waals surface area contributed by atoms with Gasteiger partial charge in [-0.1, -0.05) is 5.16 Å². The molecule has 1 aromatic carbocycles. The molecule has 1 N–H and O–H groups in total. The molecule has 0 aliphatic heterocycles. The molecule has 1 aliphatic carbocycles. The third-order valence-electron chi connectivity index (χ3n) is 3.36. The molecule has 0 atom stereocenters. The van der Waals surface area contributed by atoms with Crippen molar-refractivity contribution in [3.05, 3.63) is 46.9 Å². The summed E-state index contributed by atoms with van der Waals surface area (Å²) < 4.78 is 56.0. The van der Waals surface area contributed by atoms with Gasteiger partial charge in [0.25, 0.3) is 5.91 Å². The summed E-state index contributed by atoms with van der Waals surface area (Å²) in [4.78, 5) is 15.9. The van der Waals surface area contributed by atoms with Crippen molar-refractivity contribution in [3.8, 4) is 0 Å². The van der Waals surface area contributed by atoms with E-state index in [1.807, 2.05) is 0 Å². The number of nitrogens with zero attached hydrogens (tertiary/aromatic N) is 2.